The summed E-state index contributed by atoms with van der Waals surface area (Å²) in [7, 11) is 0. The Morgan fingerprint density at radius 1 is 1.30 bits per heavy atom. The fraction of sp³-hybridized carbons (Fsp3) is 0.286. The maximum atomic E-state index is 9.46. The fourth-order valence-electron chi connectivity index (χ4n) is 2.24. The van der Waals surface area contributed by atoms with E-state index in [1.54, 1.807) is 6.07 Å². The summed E-state index contributed by atoms with van der Waals surface area (Å²) in [5.74, 6) is 1.98. The zero-order chi connectivity index (χ0) is 14.3. The first-order valence-corrected chi connectivity index (χ1v) is 6.37. The summed E-state index contributed by atoms with van der Waals surface area (Å²) >= 11 is 0. The van der Waals surface area contributed by atoms with Gasteiger partial charge in [-0.15, -0.1) is 0 Å². The van der Waals surface area contributed by atoms with Crippen LogP contribution in [0.25, 0.3) is 11.0 Å². The van der Waals surface area contributed by atoms with Crippen LogP contribution >= 0.6 is 0 Å². The summed E-state index contributed by atoms with van der Waals surface area (Å²) < 4.78 is 7.48. The summed E-state index contributed by atoms with van der Waals surface area (Å²) in [6, 6.07) is 5.49. The summed E-state index contributed by atoms with van der Waals surface area (Å²) in [5, 5.41) is 9.46. The molecule has 3 aromatic rings. The van der Waals surface area contributed by atoms with E-state index in [-0.39, 0.29) is 6.61 Å². The van der Waals surface area contributed by atoms with E-state index >= 15 is 0 Å². The highest BCUT2D eigenvalue weighted by Gasteiger charge is 2.13. The Labute approximate surface area is 115 Å². The van der Waals surface area contributed by atoms with E-state index in [2.05, 4.69) is 9.97 Å². The highest BCUT2D eigenvalue weighted by molar-refractivity contribution is 5.79. The third-order valence-corrected chi connectivity index (χ3v) is 3.36. The number of aliphatic hydroxyl groups excluding tert-OH is 1. The van der Waals surface area contributed by atoms with Crippen LogP contribution in [0.3, 0.4) is 0 Å². The number of hydrogen-bond acceptors (Lipinski definition) is 5. The Morgan fingerprint density at radius 3 is 2.75 bits per heavy atom. The zero-order valence-electron chi connectivity index (χ0n) is 11.4. The van der Waals surface area contributed by atoms with Crippen molar-refractivity contribution in [1.29, 1.82) is 0 Å². The topological polar surface area (TPSA) is 90.1 Å². The second-order valence-electron chi connectivity index (χ2n) is 4.77. The summed E-state index contributed by atoms with van der Waals surface area (Å²) in [5.41, 5.74) is 8.94. The van der Waals surface area contributed by atoms with Gasteiger partial charge in [-0.1, -0.05) is 0 Å². The van der Waals surface area contributed by atoms with Crippen LogP contribution in [0.1, 0.15) is 23.2 Å². The highest BCUT2D eigenvalue weighted by Crippen LogP contribution is 2.21. The lowest BCUT2D eigenvalue weighted by Gasteiger charge is -2.04. The average Bonchev–Trinajstić information content (AvgIpc) is 2.91. The first-order valence-electron chi connectivity index (χ1n) is 6.37. The fourth-order valence-corrected chi connectivity index (χ4v) is 2.24. The van der Waals surface area contributed by atoms with Gasteiger partial charge in [-0.2, -0.15) is 0 Å². The second-order valence-corrected chi connectivity index (χ2v) is 4.77. The number of hydrogen-bond donors (Lipinski definition) is 2. The number of aliphatic hydroxyl groups is 1. The van der Waals surface area contributed by atoms with E-state index in [9.17, 15) is 5.11 Å². The van der Waals surface area contributed by atoms with Crippen molar-refractivity contribution in [3.05, 3.63) is 41.4 Å². The lowest BCUT2D eigenvalue weighted by molar-refractivity contribution is 0.265. The molecule has 2 heterocycles. The smallest absolute Gasteiger partial charge is 0.214 e. The Kier molecular flexibility index (Phi) is 2.94. The maximum absolute atomic E-state index is 9.46. The molecule has 0 aliphatic carbocycles. The molecule has 104 valence electrons. The van der Waals surface area contributed by atoms with Gasteiger partial charge in [0.2, 0.25) is 5.89 Å². The molecular formula is C14H16N4O2. The van der Waals surface area contributed by atoms with Crippen LogP contribution in [0.2, 0.25) is 0 Å². The minimum absolute atomic E-state index is 0.146. The molecule has 6 heteroatoms. The third-order valence-electron chi connectivity index (χ3n) is 3.36. The van der Waals surface area contributed by atoms with Gasteiger partial charge in [0.05, 0.1) is 16.7 Å². The van der Waals surface area contributed by atoms with Gasteiger partial charge in [0, 0.05) is 5.69 Å². The lowest BCUT2D eigenvalue weighted by Crippen LogP contribution is -2.05. The molecule has 0 aliphatic rings. The van der Waals surface area contributed by atoms with E-state index in [1.807, 2.05) is 30.5 Å². The Hall–Kier alpha value is -2.34. The molecule has 0 unspecified atom stereocenters. The van der Waals surface area contributed by atoms with E-state index < -0.39 is 0 Å². The molecule has 0 bridgehead atoms. The number of aryl methyl sites for hydroxylation is 2. The summed E-state index contributed by atoms with van der Waals surface area (Å²) in [6.07, 6.45) is 0. The molecule has 0 fully saturated rings. The standard InChI is InChI=1S/C14H16N4O2/c1-8-9(2)20-14(16-8)6-18-12-4-3-10(15)5-11(12)17-13(18)7-19/h3-5,19H,6-7,15H2,1-2H3. The van der Waals surface area contributed by atoms with Gasteiger partial charge < -0.3 is 19.8 Å². The molecule has 3 rings (SSSR count). The minimum atomic E-state index is -0.146. The number of anilines is 1. The summed E-state index contributed by atoms with van der Waals surface area (Å²) in [6.45, 7) is 4.08. The molecule has 0 spiro atoms. The molecule has 3 N–H and O–H groups in total. The monoisotopic (exact) mass is 272 g/mol. The van der Waals surface area contributed by atoms with Crippen molar-refractivity contribution >= 4 is 16.7 Å². The van der Waals surface area contributed by atoms with Crippen LogP contribution < -0.4 is 5.73 Å². The van der Waals surface area contributed by atoms with Gasteiger partial charge in [0.1, 0.15) is 24.7 Å². The van der Waals surface area contributed by atoms with Gasteiger partial charge in [-0.3, -0.25) is 0 Å². The SMILES string of the molecule is Cc1nc(Cn2c(CO)nc3cc(N)ccc32)oc1C. The zero-order valence-corrected chi connectivity index (χ0v) is 11.4. The first kappa shape index (κ1) is 12.7. The van der Waals surface area contributed by atoms with E-state index in [0.717, 1.165) is 22.5 Å². The molecule has 20 heavy (non-hydrogen) atoms. The van der Waals surface area contributed by atoms with Crippen molar-refractivity contribution in [2.45, 2.75) is 27.0 Å². The number of nitrogen functional groups attached to an aromatic ring is 1. The van der Waals surface area contributed by atoms with Crippen LogP contribution in [0.15, 0.2) is 22.6 Å². The number of benzene rings is 1. The number of oxazole rings is 1. The van der Waals surface area contributed by atoms with Crippen molar-refractivity contribution in [3.63, 3.8) is 0 Å². The van der Waals surface area contributed by atoms with Crippen molar-refractivity contribution in [3.8, 4) is 0 Å². The quantitative estimate of drug-likeness (QED) is 0.709. The maximum Gasteiger partial charge on any atom is 0.214 e. The lowest BCUT2D eigenvalue weighted by atomic mass is 10.3. The number of nitrogens with zero attached hydrogens (tertiary/aromatic N) is 3. The molecule has 0 radical (unpaired) electrons. The predicted octanol–water partition coefficient (Wildman–Crippen LogP) is 1.76. The molecule has 0 saturated heterocycles. The Balaban J connectivity index is 2.09. The van der Waals surface area contributed by atoms with E-state index in [4.69, 9.17) is 10.2 Å². The normalized spacial score (nSPS) is 11.3. The number of fused-ring (bicyclic) bond motifs is 1. The van der Waals surface area contributed by atoms with Crippen molar-refractivity contribution in [1.82, 2.24) is 14.5 Å². The van der Waals surface area contributed by atoms with Gasteiger partial charge in [-0.05, 0) is 32.0 Å². The largest absolute Gasteiger partial charge is 0.444 e. The van der Waals surface area contributed by atoms with Crippen LogP contribution in [-0.2, 0) is 13.2 Å². The predicted molar refractivity (Wildman–Crippen MR) is 75.1 cm³/mol. The molecule has 2 aromatic heterocycles. The van der Waals surface area contributed by atoms with Crippen LogP contribution in [-0.4, -0.2) is 19.6 Å². The Bertz CT molecular complexity index is 753. The van der Waals surface area contributed by atoms with Crippen molar-refractivity contribution in [2.24, 2.45) is 0 Å². The number of aromatic nitrogens is 3. The number of imidazole rings is 1. The van der Waals surface area contributed by atoms with Gasteiger partial charge >= 0.3 is 0 Å². The number of nitrogens with two attached hydrogens (primary N) is 1. The molecule has 1 aromatic carbocycles. The third kappa shape index (κ3) is 2.04. The van der Waals surface area contributed by atoms with E-state index in [1.165, 1.54) is 0 Å². The van der Waals surface area contributed by atoms with Gasteiger partial charge in [0.25, 0.3) is 0 Å². The molecule has 6 nitrogen and oxygen atoms in total. The Morgan fingerprint density at radius 2 is 2.10 bits per heavy atom. The van der Waals surface area contributed by atoms with Crippen molar-refractivity contribution in [2.75, 3.05) is 5.73 Å². The van der Waals surface area contributed by atoms with Crippen LogP contribution in [0, 0.1) is 13.8 Å². The molecule has 0 atom stereocenters. The van der Waals surface area contributed by atoms with Gasteiger partial charge in [-0.25, -0.2) is 9.97 Å². The van der Waals surface area contributed by atoms with Crippen LogP contribution in [0.5, 0.6) is 0 Å². The van der Waals surface area contributed by atoms with E-state index in [0.29, 0.717) is 23.9 Å². The molecule has 0 saturated carbocycles. The first-order chi connectivity index (χ1) is 9.58. The van der Waals surface area contributed by atoms with Crippen LogP contribution in [0.4, 0.5) is 5.69 Å². The highest BCUT2D eigenvalue weighted by atomic mass is 16.4. The number of rotatable bonds is 3. The van der Waals surface area contributed by atoms with Gasteiger partial charge in [0.15, 0.2) is 0 Å². The minimum Gasteiger partial charge on any atom is -0.444 e. The second kappa shape index (κ2) is 4.64. The molecule has 0 aliphatic heterocycles. The average molecular weight is 272 g/mol. The molecule has 0 amide bonds. The molecular weight excluding hydrogens is 256 g/mol. The summed E-state index contributed by atoms with van der Waals surface area (Å²) in [4.78, 5) is 8.74. The van der Waals surface area contributed by atoms with Crippen molar-refractivity contribution < 1.29 is 9.52 Å².